The maximum absolute atomic E-state index is 11.1. The molecule has 2 N–H and O–H groups in total. The van der Waals surface area contributed by atoms with Crippen LogP contribution in [-0.2, 0) is 0 Å². The normalized spacial score (nSPS) is 11.0. The molecule has 3 rings (SSSR count). The third-order valence-electron chi connectivity index (χ3n) is 2.64. The minimum atomic E-state index is -0.425. The summed E-state index contributed by atoms with van der Waals surface area (Å²) in [7, 11) is 0. The van der Waals surface area contributed by atoms with Gasteiger partial charge in [0.1, 0.15) is 0 Å². The molecule has 0 spiro atoms. The number of hydrogen-bond donors (Lipinski definition) is 1. The summed E-state index contributed by atoms with van der Waals surface area (Å²) in [5.74, 6) is -0.425. The van der Waals surface area contributed by atoms with Gasteiger partial charge < -0.3 is 10.1 Å². The molecule has 78 valence electrons. The zero-order valence-electron chi connectivity index (χ0n) is 8.42. The van der Waals surface area contributed by atoms with Gasteiger partial charge in [-0.1, -0.05) is 0 Å². The van der Waals surface area contributed by atoms with E-state index in [2.05, 4.69) is 4.98 Å². The first-order valence-corrected chi connectivity index (χ1v) is 4.91. The summed E-state index contributed by atoms with van der Waals surface area (Å²) in [6, 6.07) is 9.15. The topological polar surface area (TPSA) is 60.4 Å². The van der Waals surface area contributed by atoms with E-state index in [1.807, 2.05) is 22.7 Å². The molecule has 0 unspecified atom stereocenters. The monoisotopic (exact) mass is 211 g/mol. The molecule has 4 heteroatoms. The molecule has 16 heavy (non-hydrogen) atoms. The van der Waals surface area contributed by atoms with E-state index in [-0.39, 0.29) is 0 Å². The number of primary amides is 1. The summed E-state index contributed by atoms with van der Waals surface area (Å²) < 4.78 is 1.98. The van der Waals surface area contributed by atoms with Crippen molar-refractivity contribution in [1.82, 2.24) is 9.38 Å². The van der Waals surface area contributed by atoms with Crippen LogP contribution in [-0.4, -0.2) is 15.3 Å². The maximum Gasteiger partial charge on any atom is 0.248 e. The molecule has 0 aliphatic rings. The zero-order chi connectivity index (χ0) is 11.1. The summed E-state index contributed by atoms with van der Waals surface area (Å²) in [4.78, 5) is 15.4. The van der Waals surface area contributed by atoms with Gasteiger partial charge in [0.05, 0.1) is 22.7 Å². The molecular weight excluding hydrogens is 202 g/mol. The van der Waals surface area contributed by atoms with E-state index in [1.54, 1.807) is 24.4 Å². The molecule has 2 aromatic heterocycles. The summed E-state index contributed by atoms with van der Waals surface area (Å²) >= 11 is 0. The molecule has 0 saturated heterocycles. The lowest BCUT2D eigenvalue weighted by molar-refractivity contribution is 0.100. The molecule has 0 bridgehead atoms. The molecule has 0 saturated carbocycles. The smallest absolute Gasteiger partial charge is 0.248 e. The van der Waals surface area contributed by atoms with E-state index in [1.165, 1.54) is 0 Å². The first-order chi connectivity index (χ1) is 7.75. The number of carbonyl (C=O) groups is 1. The van der Waals surface area contributed by atoms with Crippen molar-refractivity contribution in [3.05, 3.63) is 48.3 Å². The van der Waals surface area contributed by atoms with Crippen LogP contribution in [0.4, 0.5) is 0 Å². The van der Waals surface area contributed by atoms with E-state index in [0.29, 0.717) is 5.56 Å². The van der Waals surface area contributed by atoms with Crippen molar-refractivity contribution in [2.24, 2.45) is 5.73 Å². The highest BCUT2D eigenvalue weighted by Crippen LogP contribution is 2.16. The molecule has 4 nitrogen and oxygen atoms in total. The van der Waals surface area contributed by atoms with Crippen LogP contribution in [0.15, 0.2) is 42.7 Å². The largest absolute Gasteiger partial charge is 0.366 e. The van der Waals surface area contributed by atoms with Gasteiger partial charge in [-0.3, -0.25) is 9.78 Å². The average molecular weight is 211 g/mol. The molecule has 0 atom stereocenters. The van der Waals surface area contributed by atoms with Gasteiger partial charge in [-0.2, -0.15) is 0 Å². The second-order valence-electron chi connectivity index (χ2n) is 3.63. The van der Waals surface area contributed by atoms with E-state index in [4.69, 9.17) is 5.73 Å². The molecule has 0 aliphatic heterocycles. The SMILES string of the molecule is NC(=O)c1ccc2ncc3cccn3c2c1. The van der Waals surface area contributed by atoms with Crippen molar-refractivity contribution in [2.75, 3.05) is 0 Å². The number of aromatic nitrogens is 2. The van der Waals surface area contributed by atoms with Crippen LogP contribution in [0.5, 0.6) is 0 Å². The Morgan fingerprint density at radius 2 is 2.19 bits per heavy atom. The second kappa shape index (κ2) is 3.06. The molecule has 0 aliphatic carbocycles. The van der Waals surface area contributed by atoms with Gasteiger partial charge in [0.2, 0.25) is 5.91 Å². The Balaban J connectivity index is 2.46. The van der Waals surface area contributed by atoms with Gasteiger partial charge in [-0.05, 0) is 30.3 Å². The summed E-state index contributed by atoms with van der Waals surface area (Å²) in [6.07, 6.45) is 3.73. The summed E-state index contributed by atoms with van der Waals surface area (Å²) in [6.45, 7) is 0. The van der Waals surface area contributed by atoms with E-state index >= 15 is 0 Å². The van der Waals surface area contributed by atoms with Crippen LogP contribution >= 0.6 is 0 Å². The minimum absolute atomic E-state index is 0.425. The van der Waals surface area contributed by atoms with Crippen molar-refractivity contribution in [3.63, 3.8) is 0 Å². The highest BCUT2D eigenvalue weighted by molar-refractivity contribution is 5.96. The van der Waals surface area contributed by atoms with Gasteiger partial charge in [-0.25, -0.2) is 0 Å². The van der Waals surface area contributed by atoms with E-state index in [9.17, 15) is 4.79 Å². The van der Waals surface area contributed by atoms with Crippen molar-refractivity contribution in [3.8, 4) is 0 Å². The highest BCUT2D eigenvalue weighted by atomic mass is 16.1. The third kappa shape index (κ3) is 1.16. The Kier molecular flexibility index (Phi) is 1.71. The predicted octanol–water partition coefficient (Wildman–Crippen LogP) is 1.59. The quantitative estimate of drug-likeness (QED) is 0.664. The number of amides is 1. The Labute approximate surface area is 91.3 Å². The molecule has 1 amide bonds. The standard InChI is InChI=1S/C12H9N3O/c13-12(16)8-3-4-10-11(6-8)15-5-1-2-9(15)7-14-10/h1-7H,(H2,13,16). The second-order valence-corrected chi connectivity index (χ2v) is 3.63. The first-order valence-electron chi connectivity index (χ1n) is 4.91. The van der Waals surface area contributed by atoms with Crippen LogP contribution in [0.25, 0.3) is 16.6 Å². The molecule has 0 radical (unpaired) electrons. The lowest BCUT2D eigenvalue weighted by Gasteiger charge is -2.03. The molecule has 2 heterocycles. The van der Waals surface area contributed by atoms with Crippen LogP contribution < -0.4 is 5.73 Å². The van der Waals surface area contributed by atoms with Gasteiger partial charge in [0, 0.05) is 11.8 Å². The molecule has 3 aromatic rings. The lowest BCUT2D eigenvalue weighted by atomic mass is 10.2. The Morgan fingerprint density at radius 1 is 1.31 bits per heavy atom. The van der Waals surface area contributed by atoms with Crippen LogP contribution in [0, 0.1) is 0 Å². The first kappa shape index (κ1) is 8.91. The number of nitrogens with zero attached hydrogens (tertiary/aromatic N) is 2. The van der Waals surface area contributed by atoms with Crippen molar-refractivity contribution in [1.29, 1.82) is 0 Å². The number of nitrogens with two attached hydrogens (primary N) is 1. The average Bonchev–Trinajstić information content (AvgIpc) is 2.76. The molecule has 1 aromatic carbocycles. The highest BCUT2D eigenvalue weighted by Gasteiger charge is 2.05. The predicted molar refractivity (Wildman–Crippen MR) is 61.2 cm³/mol. The number of benzene rings is 1. The van der Waals surface area contributed by atoms with Gasteiger partial charge in [0.25, 0.3) is 0 Å². The van der Waals surface area contributed by atoms with Gasteiger partial charge in [0.15, 0.2) is 0 Å². The number of rotatable bonds is 1. The fourth-order valence-corrected chi connectivity index (χ4v) is 1.83. The fraction of sp³-hybridized carbons (Fsp3) is 0. The number of hydrogen-bond acceptors (Lipinski definition) is 2. The van der Waals surface area contributed by atoms with Gasteiger partial charge >= 0.3 is 0 Å². The van der Waals surface area contributed by atoms with Gasteiger partial charge in [-0.15, -0.1) is 0 Å². The van der Waals surface area contributed by atoms with E-state index < -0.39 is 5.91 Å². The van der Waals surface area contributed by atoms with Crippen molar-refractivity contribution >= 4 is 22.5 Å². The Hall–Kier alpha value is -2.36. The summed E-state index contributed by atoms with van der Waals surface area (Å²) in [5.41, 5.74) is 8.48. The number of carbonyl (C=O) groups excluding carboxylic acids is 1. The van der Waals surface area contributed by atoms with Crippen LogP contribution in [0.2, 0.25) is 0 Å². The van der Waals surface area contributed by atoms with Crippen LogP contribution in [0.1, 0.15) is 10.4 Å². The Bertz CT molecular complexity index is 700. The minimum Gasteiger partial charge on any atom is -0.366 e. The molecule has 0 fully saturated rings. The third-order valence-corrected chi connectivity index (χ3v) is 2.64. The Morgan fingerprint density at radius 3 is 3.00 bits per heavy atom. The fourth-order valence-electron chi connectivity index (χ4n) is 1.83. The summed E-state index contributed by atoms with van der Waals surface area (Å²) in [5, 5.41) is 0. The number of fused-ring (bicyclic) bond motifs is 3. The van der Waals surface area contributed by atoms with Crippen molar-refractivity contribution < 1.29 is 4.79 Å². The zero-order valence-corrected chi connectivity index (χ0v) is 8.42. The maximum atomic E-state index is 11.1. The van der Waals surface area contributed by atoms with Crippen LogP contribution in [0.3, 0.4) is 0 Å². The van der Waals surface area contributed by atoms with Crippen molar-refractivity contribution in [2.45, 2.75) is 0 Å². The molecular formula is C12H9N3O. The lowest BCUT2D eigenvalue weighted by Crippen LogP contribution is -2.10. The van der Waals surface area contributed by atoms with E-state index in [0.717, 1.165) is 16.6 Å².